The summed E-state index contributed by atoms with van der Waals surface area (Å²) in [4.78, 5) is 12.3. The Bertz CT molecular complexity index is 822. The molecule has 0 bridgehead atoms. The standard InChI is InChI=1S/C22H25ClN2O2/c1-3-4-8-20(16(2)24)22(26)25-14-17-10-12-19(13-11-17)27-15-18-7-5-6-9-21(18)23/h4-13H,3,14-15,24H2,1-2H3,(H,25,26)/b8-4-,20-16-. The summed E-state index contributed by atoms with van der Waals surface area (Å²) in [7, 11) is 0. The number of nitrogens with one attached hydrogen (secondary N) is 1. The van der Waals surface area contributed by atoms with Crippen LogP contribution in [0.5, 0.6) is 5.75 Å². The monoisotopic (exact) mass is 384 g/mol. The van der Waals surface area contributed by atoms with E-state index in [0.717, 1.165) is 23.3 Å². The Balaban J connectivity index is 1.90. The maximum atomic E-state index is 12.3. The second kappa shape index (κ2) is 10.4. The summed E-state index contributed by atoms with van der Waals surface area (Å²) in [5.74, 6) is 0.563. The second-order valence-electron chi connectivity index (χ2n) is 6.11. The summed E-state index contributed by atoms with van der Waals surface area (Å²) in [6, 6.07) is 15.2. The number of halogens is 1. The zero-order valence-corrected chi connectivity index (χ0v) is 16.4. The lowest BCUT2D eigenvalue weighted by Gasteiger charge is -2.10. The Hall–Kier alpha value is -2.72. The number of benzene rings is 2. The Labute approximate surface area is 165 Å². The quantitative estimate of drug-likeness (QED) is 0.510. The second-order valence-corrected chi connectivity index (χ2v) is 6.52. The fourth-order valence-corrected chi connectivity index (χ4v) is 2.57. The highest BCUT2D eigenvalue weighted by Crippen LogP contribution is 2.19. The van der Waals surface area contributed by atoms with Gasteiger partial charge < -0.3 is 15.8 Å². The van der Waals surface area contributed by atoms with Crippen LogP contribution in [0, 0.1) is 0 Å². The van der Waals surface area contributed by atoms with Gasteiger partial charge in [-0.25, -0.2) is 0 Å². The van der Waals surface area contributed by atoms with Crippen molar-refractivity contribution in [3.05, 3.63) is 88.1 Å². The molecule has 0 aromatic heterocycles. The van der Waals surface area contributed by atoms with Crippen LogP contribution in [0.4, 0.5) is 0 Å². The molecule has 142 valence electrons. The van der Waals surface area contributed by atoms with E-state index in [9.17, 15) is 4.79 Å². The number of allylic oxidation sites excluding steroid dienone is 2. The zero-order chi connectivity index (χ0) is 19.6. The predicted molar refractivity (Wildman–Crippen MR) is 110 cm³/mol. The molecule has 5 heteroatoms. The van der Waals surface area contributed by atoms with Gasteiger partial charge in [-0.05, 0) is 37.1 Å². The molecule has 2 aromatic rings. The van der Waals surface area contributed by atoms with E-state index in [2.05, 4.69) is 5.32 Å². The molecule has 0 radical (unpaired) electrons. The third-order valence-corrected chi connectivity index (χ3v) is 4.29. The first-order valence-corrected chi connectivity index (χ1v) is 9.25. The van der Waals surface area contributed by atoms with Crippen LogP contribution in [0.2, 0.25) is 5.02 Å². The van der Waals surface area contributed by atoms with Crippen molar-refractivity contribution in [2.75, 3.05) is 0 Å². The first kappa shape index (κ1) is 20.6. The predicted octanol–water partition coefficient (Wildman–Crippen LogP) is 4.73. The SMILES string of the molecule is CC/C=C\C(C(=O)NCc1ccc(OCc2ccccc2Cl)cc1)=C(/C)N. The minimum atomic E-state index is -0.182. The lowest BCUT2D eigenvalue weighted by molar-refractivity contribution is -0.117. The molecule has 0 atom stereocenters. The molecule has 0 aliphatic rings. The minimum absolute atomic E-state index is 0.182. The Morgan fingerprint density at radius 3 is 2.52 bits per heavy atom. The molecule has 0 unspecified atom stereocenters. The summed E-state index contributed by atoms with van der Waals surface area (Å²) in [6.07, 6.45) is 4.52. The van der Waals surface area contributed by atoms with E-state index in [4.69, 9.17) is 22.1 Å². The van der Waals surface area contributed by atoms with Gasteiger partial charge in [-0.3, -0.25) is 4.79 Å². The number of rotatable bonds is 8. The van der Waals surface area contributed by atoms with E-state index in [0.29, 0.717) is 29.4 Å². The largest absolute Gasteiger partial charge is 0.489 e. The van der Waals surface area contributed by atoms with E-state index in [1.54, 1.807) is 13.0 Å². The molecule has 0 saturated carbocycles. The lowest BCUT2D eigenvalue weighted by Crippen LogP contribution is -2.25. The van der Waals surface area contributed by atoms with Crippen molar-refractivity contribution < 1.29 is 9.53 Å². The van der Waals surface area contributed by atoms with Gasteiger partial charge in [0.05, 0.1) is 5.57 Å². The molecule has 0 saturated heterocycles. The third kappa shape index (κ3) is 6.50. The number of hydrogen-bond donors (Lipinski definition) is 2. The van der Waals surface area contributed by atoms with Crippen molar-refractivity contribution in [3.63, 3.8) is 0 Å². The van der Waals surface area contributed by atoms with E-state index >= 15 is 0 Å². The molecular weight excluding hydrogens is 360 g/mol. The summed E-state index contributed by atoms with van der Waals surface area (Å²) >= 11 is 6.13. The van der Waals surface area contributed by atoms with Crippen molar-refractivity contribution in [1.29, 1.82) is 0 Å². The highest BCUT2D eigenvalue weighted by molar-refractivity contribution is 6.31. The Kier molecular flexibility index (Phi) is 7.96. The number of nitrogens with two attached hydrogens (primary N) is 1. The first-order chi connectivity index (χ1) is 13.0. The van der Waals surface area contributed by atoms with Crippen LogP contribution in [0.15, 0.2) is 72.0 Å². The van der Waals surface area contributed by atoms with Gasteiger partial charge in [-0.2, -0.15) is 0 Å². The molecule has 0 aliphatic heterocycles. The average Bonchev–Trinajstić information content (AvgIpc) is 2.66. The topological polar surface area (TPSA) is 64.3 Å². The molecule has 0 aliphatic carbocycles. The maximum Gasteiger partial charge on any atom is 0.253 e. The van der Waals surface area contributed by atoms with Gasteiger partial charge in [0.2, 0.25) is 0 Å². The van der Waals surface area contributed by atoms with Crippen LogP contribution in [0.25, 0.3) is 0 Å². The van der Waals surface area contributed by atoms with E-state index in [-0.39, 0.29) is 5.91 Å². The minimum Gasteiger partial charge on any atom is -0.489 e. The van der Waals surface area contributed by atoms with E-state index in [1.807, 2.05) is 61.5 Å². The van der Waals surface area contributed by atoms with Gasteiger partial charge in [0.25, 0.3) is 5.91 Å². The number of carbonyl (C=O) groups is 1. The molecule has 27 heavy (non-hydrogen) atoms. The molecule has 3 N–H and O–H groups in total. The Morgan fingerprint density at radius 2 is 1.89 bits per heavy atom. The van der Waals surface area contributed by atoms with Crippen LogP contribution in [0.1, 0.15) is 31.4 Å². The molecule has 2 aromatic carbocycles. The molecule has 0 heterocycles. The van der Waals surface area contributed by atoms with Gasteiger partial charge in [-0.1, -0.05) is 61.0 Å². The lowest BCUT2D eigenvalue weighted by atomic mass is 10.1. The molecule has 0 fully saturated rings. The fraction of sp³-hybridized carbons (Fsp3) is 0.227. The smallest absolute Gasteiger partial charge is 0.253 e. The first-order valence-electron chi connectivity index (χ1n) is 8.87. The van der Waals surface area contributed by atoms with Crippen LogP contribution in [-0.2, 0) is 17.9 Å². The number of carbonyl (C=O) groups excluding carboxylic acids is 1. The number of hydrogen-bond acceptors (Lipinski definition) is 3. The van der Waals surface area contributed by atoms with Crippen LogP contribution >= 0.6 is 11.6 Å². The normalized spacial score (nSPS) is 12.0. The van der Waals surface area contributed by atoms with Gasteiger partial charge in [0.1, 0.15) is 12.4 Å². The zero-order valence-electron chi connectivity index (χ0n) is 15.7. The average molecular weight is 385 g/mol. The van der Waals surface area contributed by atoms with Crippen molar-refractivity contribution >= 4 is 17.5 Å². The Morgan fingerprint density at radius 1 is 1.19 bits per heavy atom. The van der Waals surface area contributed by atoms with Crippen LogP contribution in [-0.4, -0.2) is 5.91 Å². The van der Waals surface area contributed by atoms with Crippen LogP contribution < -0.4 is 15.8 Å². The van der Waals surface area contributed by atoms with E-state index < -0.39 is 0 Å². The number of amides is 1. The van der Waals surface area contributed by atoms with Gasteiger partial charge in [-0.15, -0.1) is 0 Å². The summed E-state index contributed by atoms with van der Waals surface area (Å²) in [5.41, 5.74) is 8.71. The third-order valence-electron chi connectivity index (χ3n) is 3.92. The van der Waals surface area contributed by atoms with Crippen molar-refractivity contribution in [3.8, 4) is 5.75 Å². The molecule has 1 amide bonds. The van der Waals surface area contributed by atoms with Gasteiger partial charge >= 0.3 is 0 Å². The molecule has 0 spiro atoms. The maximum absolute atomic E-state index is 12.3. The fourth-order valence-electron chi connectivity index (χ4n) is 2.38. The van der Waals surface area contributed by atoms with Crippen molar-refractivity contribution in [1.82, 2.24) is 5.32 Å². The molecule has 2 rings (SSSR count). The summed E-state index contributed by atoms with van der Waals surface area (Å²) in [5, 5.41) is 3.58. The summed E-state index contributed by atoms with van der Waals surface area (Å²) < 4.78 is 5.76. The molecular formula is C22H25ClN2O2. The van der Waals surface area contributed by atoms with Gasteiger partial charge in [0, 0.05) is 22.8 Å². The highest BCUT2D eigenvalue weighted by atomic mass is 35.5. The van der Waals surface area contributed by atoms with Crippen LogP contribution in [0.3, 0.4) is 0 Å². The number of ether oxygens (including phenoxy) is 1. The highest BCUT2D eigenvalue weighted by Gasteiger charge is 2.08. The van der Waals surface area contributed by atoms with Crippen molar-refractivity contribution in [2.45, 2.75) is 33.4 Å². The molecule has 4 nitrogen and oxygen atoms in total. The van der Waals surface area contributed by atoms with E-state index in [1.165, 1.54) is 0 Å². The van der Waals surface area contributed by atoms with Gasteiger partial charge in [0.15, 0.2) is 0 Å². The van der Waals surface area contributed by atoms with Crippen molar-refractivity contribution in [2.24, 2.45) is 5.73 Å². The summed E-state index contributed by atoms with van der Waals surface area (Å²) in [6.45, 7) is 4.55.